The highest BCUT2D eigenvalue weighted by Gasteiger charge is 2.03. The van der Waals surface area contributed by atoms with Gasteiger partial charge in [0.1, 0.15) is 0 Å². The Morgan fingerprint density at radius 3 is 2.43 bits per heavy atom. The van der Waals surface area contributed by atoms with Crippen LogP contribution in [0.2, 0.25) is 10.0 Å². The molecule has 14 heavy (non-hydrogen) atoms. The van der Waals surface area contributed by atoms with Crippen molar-refractivity contribution in [1.29, 1.82) is 0 Å². The molecule has 0 fully saturated rings. The van der Waals surface area contributed by atoms with Crippen LogP contribution in [0, 0.1) is 4.91 Å². The maximum atomic E-state index is 9.88. The van der Waals surface area contributed by atoms with E-state index in [9.17, 15) is 4.91 Å². The van der Waals surface area contributed by atoms with Crippen molar-refractivity contribution in [2.75, 3.05) is 5.43 Å². The lowest BCUT2D eigenvalue weighted by atomic mass is 10.3. The van der Waals surface area contributed by atoms with Crippen LogP contribution >= 0.6 is 23.2 Å². The van der Waals surface area contributed by atoms with E-state index in [2.05, 4.69) is 15.7 Å². The molecule has 74 valence electrons. The lowest BCUT2D eigenvalue weighted by molar-refractivity contribution is 1.28. The third-order valence-corrected chi connectivity index (χ3v) is 1.97. The summed E-state index contributed by atoms with van der Waals surface area (Å²) in [7, 11) is 0. The lowest BCUT2D eigenvalue weighted by Gasteiger charge is -2.04. The first-order chi connectivity index (χ1) is 6.65. The highest BCUT2D eigenvalue weighted by atomic mass is 35.5. The molecule has 1 aromatic carbocycles. The number of hydrogen-bond acceptors (Lipinski definition) is 3. The van der Waals surface area contributed by atoms with Crippen molar-refractivity contribution in [3.8, 4) is 0 Å². The molecule has 0 saturated carbocycles. The molecule has 0 spiro atoms. The van der Waals surface area contributed by atoms with Gasteiger partial charge in [0, 0.05) is 5.18 Å². The number of anilines is 1. The quantitative estimate of drug-likeness (QED) is 0.356. The van der Waals surface area contributed by atoms with Gasteiger partial charge in [-0.15, -0.1) is 10.0 Å². The summed E-state index contributed by atoms with van der Waals surface area (Å²) in [5.74, 6) is -0.430. The fourth-order valence-corrected chi connectivity index (χ4v) is 1.22. The van der Waals surface area contributed by atoms with Crippen molar-refractivity contribution in [3.05, 3.63) is 33.2 Å². The summed E-state index contributed by atoms with van der Waals surface area (Å²) >= 11 is 11.6. The Morgan fingerprint density at radius 1 is 1.36 bits per heavy atom. The van der Waals surface area contributed by atoms with E-state index < -0.39 is 5.96 Å². The van der Waals surface area contributed by atoms with Crippen LogP contribution in [0.25, 0.3) is 0 Å². The second kappa shape index (κ2) is 4.78. The molecular formula is C7H6Cl2N4O. The highest BCUT2D eigenvalue weighted by Crippen LogP contribution is 2.29. The Morgan fingerprint density at radius 2 is 1.93 bits per heavy atom. The van der Waals surface area contributed by atoms with Crippen molar-refractivity contribution in [2.24, 2.45) is 16.0 Å². The summed E-state index contributed by atoms with van der Waals surface area (Å²) in [4.78, 5) is 9.88. The van der Waals surface area contributed by atoms with Crippen molar-refractivity contribution in [3.63, 3.8) is 0 Å². The van der Waals surface area contributed by atoms with E-state index in [4.69, 9.17) is 28.9 Å². The number of rotatable bonds is 2. The van der Waals surface area contributed by atoms with Crippen LogP contribution in [0.3, 0.4) is 0 Å². The zero-order valence-corrected chi connectivity index (χ0v) is 8.38. The molecule has 0 radical (unpaired) electrons. The van der Waals surface area contributed by atoms with Gasteiger partial charge >= 0.3 is 0 Å². The molecule has 0 amide bonds. The smallest absolute Gasteiger partial charge is 0.279 e. The first kappa shape index (κ1) is 10.7. The summed E-state index contributed by atoms with van der Waals surface area (Å²) < 4.78 is 0. The predicted octanol–water partition coefficient (Wildman–Crippen LogP) is 2.40. The van der Waals surface area contributed by atoms with Gasteiger partial charge in [-0.2, -0.15) is 0 Å². The van der Waals surface area contributed by atoms with E-state index in [1.165, 1.54) is 0 Å². The first-order valence-electron chi connectivity index (χ1n) is 3.51. The van der Waals surface area contributed by atoms with Gasteiger partial charge in [-0.05, 0) is 12.1 Å². The molecule has 0 saturated heterocycles. The largest absolute Gasteiger partial charge is 0.364 e. The topological polar surface area (TPSA) is 79.8 Å². The maximum Gasteiger partial charge on any atom is 0.279 e. The van der Waals surface area contributed by atoms with Gasteiger partial charge in [0.2, 0.25) is 0 Å². The van der Waals surface area contributed by atoms with E-state index in [-0.39, 0.29) is 0 Å². The Bertz CT molecular complexity index is 360. The number of hydrazone groups is 1. The number of nitrogens with two attached hydrogens (primary N) is 1. The third-order valence-electron chi connectivity index (χ3n) is 1.34. The van der Waals surface area contributed by atoms with Crippen LogP contribution < -0.4 is 11.2 Å². The number of guanidine groups is 1. The molecule has 0 atom stereocenters. The highest BCUT2D eigenvalue weighted by molar-refractivity contribution is 6.39. The molecule has 1 rings (SSSR count). The molecule has 0 bridgehead atoms. The fourth-order valence-electron chi connectivity index (χ4n) is 0.738. The minimum Gasteiger partial charge on any atom is -0.364 e. The molecule has 0 unspecified atom stereocenters. The van der Waals surface area contributed by atoms with E-state index in [0.717, 1.165) is 0 Å². The predicted molar refractivity (Wildman–Crippen MR) is 57.5 cm³/mol. The van der Waals surface area contributed by atoms with Crippen LogP contribution in [0.5, 0.6) is 0 Å². The summed E-state index contributed by atoms with van der Waals surface area (Å²) in [6.45, 7) is 0. The monoisotopic (exact) mass is 232 g/mol. The van der Waals surface area contributed by atoms with Crippen molar-refractivity contribution in [2.45, 2.75) is 0 Å². The Kier molecular flexibility index (Phi) is 3.67. The Labute approximate surface area is 89.9 Å². The van der Waals surface area contributed by atoms with Gasteiger partial charge in [-0.25, -0.2) is 0 Å². The zero-order valence-electron chi connectivity index (χ0n) is 6.87. The van der Waals surface area contributed by atoms with Crippen LogP contribution in [0.1, 0.15) is 0 Å². The van der Waals surface area contributed by atoms with E-state index in [1.54, 1.807) is 18.2 Å². The minimum absolute atomic E-state index is 0.375. The second-order valence-corrected chi connectivity index (χ2v) is 3.08. The first-order valence-corrected chi connectivity index (χ1v) is 4.27. The Hall–Kier alpha value is -1.33. The number of nitrogens with zero attached hydrogens (tertiary/aromatic N) is 2. The maximum absolute atomic E-state index is 9.88. The molecule has 0 aromatic heterocycles. The standard InChI is InChI=1S/C7H6Cl2N4O/c8-4-2-1-3-5(9)6(4)11-12-7(10)13-14/h1-3,11H,(H2,10,12). The number of nitroso groups, excluding NO2 is 1. The van der Waals surface area contributed by atoms with Gasteiger partial charge in [0.05, 0.1) is 15.7 Å². The number of para-hydroxylation sites is 1. The average Bonchev–Trinajstić information content (AvgIpc) is 2.16. The molecule has 0 heterocycles. The number of benzene rings is 1. The Balaban J connectivity index is 2.91. The number of nitrogens with one attached hydrogen (secondary N) is 1. The van der Waals surface area contributed by atoms with Crippen molar-refractivity contribution in [1.82, 2.24) is 0 Å². The van der Waals surface area contributed by atoms with Gasteiger partial charge in [-0.1, -0.05) is 29.3 Å². The zero-order chi connectivity index (χ0) is 10.6. The molecule has 0 aliphatic rings. The average molecular weight is 233 g/mol. The lowest BCUT2D eigenvalue weighted by Crippen LogP contribution is -2.09. The molecule has 7 heteroatoms. The molecule has 5 nitrogen and oxygen atoms in total. The minimum atomic E-state index is -0.430. The third kappa shape index (κ3) is 2.58. The van der Waals surface area contributed by atoms with Gasteiger partial charge in [-0.3, -0.25) is 5.43 Å². The fraction of sp³-hybridized carbons (Fsp3) is 0. The molecule has 3 N–H and O–H groups in total. The molecule has 0 aliphatic heterocycles. The summed E-state index contributed by atoms with van der Waals surface area (Å²) in [5, 5.41) is 6.57. The summed E-state index contributed by atoms with van der Waals surface area (Å²) in [5.41, 5.74) is 7.86. The van der Waals surface area contributed by atoms with Crippen LogP contribution in [-0.2, 0) is 0 Å². The molecular weight excluding hydrogens is 227 g/mol. The van der Waals surface area contributed by atoms with Crippen LogP contribution in [0.15, 0.2) is 28.5 Å². The van der Waals surface area contributed by atoms with Crippen molar-refractivity contribution >= 4 is 34.8 Å². The van der Waals surface area contributed by atoms with Crippen LogP contribution in [-0.4, -0.2) is 5.96 Å². The molecule has 1 aromatic rings. The number of hydrogen-bond donors (Lipinski definition) is 2. The van der Waals surface area contributed by atoms with E-state index in [0.29, 0.717) is 15.7 Å². The summed E-state index contributed by atoms with van der Waals surface area (Å²) in [6.07, 6.45) is 0. The van der Waals surface area contributed by atoms with Crippen molar-refractivity contribution < 1.29 is 0 Å². The van der Waals surface area contributed by atoms with Crippen LogP contribution in [0.4, 0.5) is 5.69 Å². The van der Waals surface area contributed by atoms with Gasteiger partial charge in [0.15, 0.2) is 0 Å². The van der Waals surface area contributed by atoms with Gasteiger partial charge in [0.25, 0.3) is 5.96 Å². The van der Waals surface area contributed by atoms with Gasteiger partial charge < -0.3 is 5.73 Å². The normalized spacial score (nSPS) is 11.1. The van der Waals surface area contributed by atoms with E-state index in [1.807, 2.05) is 0 Å². The number of halogens is 2. The van der Waals surface area contributed by atoms with E-state index >= 15 is 0 Å². The molecule has 0 aliphatic carbocycles. The summed E-state index contributed by atoms with van der Waals surface area (Å²) in [6, 6.07) is 4.92. The SMILES string of the molecule is N/C(N=O)=N\Nc1c(Cl)cccc1Cl. The second-order valence-electron chi connectivity index (χ2n) is 2.27.